The Morgan fingerprint density at radius 3 is 2.91 bits per heavy atom. The molecule has 0 radical (unpaired) electrons. The van der Waals surface area contributed by atoms with Crippen LogP contribution in [0.2, 0.25) is 0 Å². The van der Waals surface area contributed by atoms with Gasteiger partial charge in [0.25, 0.3) is 0 Å². The van der Waals surface area contributed by atoms with Gasteiger partial charge in [-0.2, -0.15) is 5.10 Å². The minimum Gasteiger partial charge on any atom is -0.504 e. The summed E-state index contributed by atoms with van der Waals surface area (Å²) in [6.45, 7) is 4.41. The van der Waals surface area contributed by atoms with E-state index in [0.717, 1.165) is 17.1 Å². The number of carbonyl (C=O) groups is 1. The summed E-state index contributed by atoms with van der Waals surface area (Å²) in [7, 11) is 0. The summed E-state index contributed by atoms with van der Waals surface area (Å²) in [4.78, 5) is 11.9. The van der Waals surface area contributed by atoms with Crippen LogP contribution in [0.15, 0.2) is 23.3 Å². The monoisotopic (exact) mass is 340 g/mol. The van der Waals surface area contributed by atoms with Crippen LogP contribution in [0.3, 0.4) is 0 Å². The Kier molecular flexibility index (Phi) is 6.02. The molecular formula is C15H20N2O3S2. The number of ether oxygens (including phenoxy) is 1. The van der Waals surface area contributed by atoms with Crippen LogP contribution in [0.4, 0.5) is 0 Å². The summed E-state index contributed by atoms with van der Waals surface area (Å²) in [5.41, 5.74) is 3.30. The molecule has 1 amide bonds. The summed E-state index contributed by atoms with van der Waals surface area (Å²) in [5.74, 6) is 2.58. The van der Waals surface area contributed by atoms with Crippen LogP contribution in [0.1, 0.15) is 25.8 Å². The molecule has 0 saturated carbocycles. The molecule has 0 aliphatic carbocycles. The fourth-order valence-electron chi connectivity index (χ4n) is 2.05. The number of phenolic OH excluding ortho intramolecular Hbond substituents is 1. The van der Waals surface area contributed by atoms with E-state index in [4.69, 9.17) is 4.74 Å². The maximum atomic E-state index is 11.9. The van der Waals surface area contributed by atoms with Crippen LogP contribution < -0.4 is 10.2 Å². The highest BCUT2D eigenvalue weighted by molar-refractivity contribution is 8.21. The lowest BCUT2D eigenvalue weighted by Crippen LogP contribution is -2.26. The fraction of sp³-hybridized carbons (Fsp3) is 0.467. The van der Waals surface area contributed by atoms with Crippen molar-refractivity contribution in [2.75, 3.05) is 18.1 Å². The topological polar surface area (TPSA) is 70.9 Å². The van der Waals surface area contributed by atoms with Gasteiger partial charge in [0.2, 0.25) is 5.91 Å². The van der Waals surface area contributed by atoms with Gasteiger partial charge in [0, 0.05) is 11.5 Å². The Labute approximate surface area is 138 Å². The van der Waals surface area contributed by atoms with Crippen molar-refractivity contribution in [2.45, 2.75) is 24.3 Å². The molecule has 1 aromatic rings. The van der Waals surface area contributed by atoms with Crippen molar-refractivity contribution < 1.29 is 14.6 Å². The summed E-state index contributed by atoms with van der Waals surface area (Å²) in [5, 5.41) is 13.6. The number of nitrogens with zero attached hydrogens (tertiary/aromatic N) is 1. The molecule has 120 valence electrons. The largest absolute Gasteiger partial charge is 0.504 e. The molecule has 0 unspecified atom stereocenters. The second-order valence-corrected chi connectivity index (χ2v) is 8.42. The number of thioether (sulfide) groups is 2. The second-order valence-electron chi connectivity index (χ2n) is 4.96. The number of rotatable bonds is 6. The normalized spacial score (nSPS) is 16.8. The highest BCUT2D eigenvalue weighted by Gasteiger charge is 2.32. The lowest BCUT2D eigenvalue weighted by molar-refractivity contribution is -0.121. The molecule has 0 atom stereocenters. The molecule has 0 bridgehead atoms. The van der Waals surface area contributed by atoms with Crippen molar-refractivity contribution >= 4 is 35.6 Å². The smallest absolute Gasteiger partial charge is 0.242 e. The number of hydrazone groups is 1. The Morgan fingerprint density at radius 1 is 1.50 bits per heavy atom. The van der Waals surface area contributed by atoms with Crippen molar-refractivity contribution in [2.24, 2.45) is 5.10 Å². The predicted molar refractivity (Wildman–Crippen MR) is 93.0 cm³/mol. The molecule has 1 fully saturated rings. The van der Waals surface area contributed by atoms with Crippen LogP contribution in [0, 0.1) is 0 Å². The highest BCUT2D eigenvalue weighted by Crippen LogP contribution is 2.45. The van der Waals surface area contributed by atoms with E-state index in [1.54, 1.807) is 18.2 Å². The minimum atomic E-state index is -0.0931. The fourth-order valence-corrected chi connectivity index (χ4v) is 4.88. The van der Waals surface area contributed by atoms with Gasteiger partial charge < -0.3 is 9.84 Å². The Balaban J connectivity index is 1.89. The first kappa shape index (κ1) is 17.0. The zero-order chi connectivity index (χ0) is 16.0. The van der Waals surface area contributed by atoms with Gasteiger partial charge >= 0.3 is 0 Å². The summed E-state index contributed by atoms with van der Waals surface area (Å²) in [6.07, 6.45) is 1.98. The number of hydrogen-bond donors (Lipinski definition) is 2. The van der Waals surface area contributed by atoms with Gasteiger partial charge in [-0.05, 0) is 37.6 Å². The maximum absolute atomic E-state index is 11.9. The zero-order valence-corrected chi connectivity index (χ0v) is 14.3. The second kappa shape index (κ2) is 7.78. The molecule has 2 rings (SSSR count). The average Bonchev–Trinajstić information content (AvgIpc) is 2.89. The predicted octanol–water partition coefficient (Wildman–Crippen LogP) is 2.83. The number of aromatic hydroxyl groups is 1. The molecule has 2 N–H and O–H groups in total. The average molecular weight is 340 g/mol. The molecule has 7 heteroatoms. The van der Waals surface area contributed by atoms with Gasteiger partial charge in [-0.3, -0.25) is 4.79 Å². The van der Waals surface area contributed by atoms with Crippen LogP contribution in [-0.4, -0.2) is 39.4 Å². The summed E-state index contributed by atoms with van der Waals surface area (Å²) in [6, 6.07) is 4.93. The van der Waals surface area contributed by atoms with E-state index in [-0.39, 0.29) is 15.7 Å². The molecule has 0 aromatic heterocycles. The van der Waals surface area contributed by atoms with Gasteiger partial charge in [0.05, 0.1) is 23.3 Å². The van der Waals surface area contributed by atoms with Gasteiger partial charge in [-0.25, -0.2) is 5.43 Å². The molecular weight excluding hydrogens is 320 g/mol. The molecule has 0 spiro atoms. The van der Waals surface area contributed by atoms with Crippen molar-refractivity contribution in [1.82, 2.24) is 5.43 Å². The van der Waals surface area contributed by atoms with Crippen molar-refractivity contribution in [3.63, 3.8) is 0 Å². The number of phenols is 1. The van der Waals surface area contributed by atoms with Crippen molar-refractivity contribution in [3.05, 3.63) is 23.8 Å². The number of nitrogens with one attached hydrogen (secondary N) is 1. The van der Waals surface area contributed by atoms with E-state index in [1.807, 2.05) is 30.4 Å². The number of amides is 1. The third-order valence-electron chi connectivity index (χ3n) is 3.07. The van der Waals surface area contributed by atoms with Gasteiger partial charge in [0.1, 0.15) is 0 Å². The molecule has 5 nitrogen and oxygen atoms in total. The first-order valence-corrected chi connectivity index (χ1v) is 9.05. The van der Waals surface area contributed by atoms with E-state index in [0.29, 0.717) is 18.8 Å². The highest BCUT2D eigenvalue weighted by atomic mass is 32.2. The Morgan fingerprint density at radius 2 is 2.23 bits per heavy atom. The third-order valence-corrected chi connectivity index (χ3v) is 6.36. The number of benzene rings is 1. The van der Waals surface area contributed by atoms with E-state index in [1.165, 1.54) is 6.21 Å². The van der Waals surface area contributed by atoms with Crippen molar-refractivity contribution in [3.8, 4) is 11.5 Å². The quantitative estimate of drug-likeness (QED) is 0.615. The van der Waals surface area contributed by atoms with Crippen LogP contribution in [0.5, 0.6) is 11.5 Å². The van der Waals surface area contributed by atoms with E-state index < -0.39 is 0 Å². The Bertz CT molecular complexity index is 558. The zero-order valence-electron chi connectivity index (χ0n) is 12.7. The van der Waals surface area contributed by atoms with Gasteiger partial charge in [-0.1, -0.05) is 0 Å². The van der Waals surface area contributed by atoms with Crippen LogP contribution in [-0.2, 0) is 4.79 Å². The molecule has 1 aliphatic rings. The van der Waals surface area contributed by atoms with Crippen LogP contribution in [0.25, 0.3) is 0 Å². The third kappa shape index (κ3) is 4.84. The SMILES string of the molecule is CCOc1cc(/C=N\NC(=O)CC2(C)SCCS2)ccc1O. The molecule has 1 aromatic carbocycles. The minimum absolute atomic E-state index is 0.0414. The maximum Gasteiger partial charge on any atom is 0.242 e. The summed E-state index contributed by atoms with van der Waals surface area (Å²) < 4.78 is 5.26. The first-order valence-electron chi connectivity index (χ1n) is 7.08. The number of carbonyl (C=O) groups excluding carboxylic acids is 1. The first-order chi connectivity index (χ1) is 10.5. The van der Waals surface area contributed by atoms with E-state index >= 15 is 0 Å². The standard InChI is InChI=1S/C15H20N2O3S2/c1-3-20-13-8-11(4-5-12(13)18)10-16-17-14(19)9-15(2)21-6-7-22-15/h4-5,8,10,18H,3,6-7,9H2,1-2H3,(H,17,19)/b16-10-. The summed E-state index contributed by atoms with van der Waals surface area (Å²) >= 11 is 3.64. The lowest BCUT2D eigenvalue weighted by atomic mass is 10.2. The van der Waals surface area contributed by atoms with Crippen molar-refractivity contribution in [1.29, 1.82) is 0 Å². The molecule has 1 saturated heterocycles. The number of hydrogen-bond acceptors (Lipinski definition) is 6. The Hall–Kier alpha value is -1.34. The molecule has 1 heterocycles. The molecule has 22 heavy (non-hydrogen) atoms. The molecule has 1 aliphatic heterocycles. The van der Waals surface area contributed by atoms with E-state index in [9.17, 15) is 9.90 Å². The lowest BCUT2D eigenvalue weighted by Gasteiger charge is -2.19. The van der Waals surface area contributed by atoms with Crippen LogP contribution >= 0.6 is 23.5 Å². The van der Waals surface area contributed by atoms with E-state index in [2.05, 4.69) is 17.5 Å². The van der Waals surface area contributed by atoms with Gasteiger partial charge in [-0.15, -0.1) is 23.5 Å². The van der Waals surface area contributed by atoms with Gasteiger partial charge in [0.15, 0.2) is 11.5 Å².